The molecule has 0 saturated carbocycles. The van der Waals surface area contributed by atoms with E-state index in [0.29, 0.717) is 66.1 Å². The first-order valence-electron chi connectivity index (χ1n) is 47.1. The van der Waals surface area contributed by atoms with Crippen LogP contribution in [0.3, 0.4) is 0 Å². The molecule has 0 unspecified atom stereocenters. The van der Waals surface area contributed by atoms with Crippen molar-refractivity contribution in [2.45, 2.75) is 288 Å². The van der Waals surface area contributed by atoms with Gasteiger partial charge in [-0.2, -0.15) is 0 Å². The molecule has 39 heteroatoms. The number of aliphatic hydroxyl groups excluding tert-OH is 1. The molecule has 37 nitrogen and oxygen atoms in total. The lowest BCUT2D eigenvalue weighted by Gasteiger charge is -2.38. The van der Waals surface area contributed by atoms with Gasteiger partial charge >= 0.3 is 0 Å². The zero-order valence-corrected chi connectivity index (χ0v) is 80.4. The van der Waals surface area contributed by atoms with Crippen LogP contribution in [-0.4, -0.2) is 282 Å². The fourth-order valence-corrected chi connectivity index (χ4v) is 18.9. The lowest BCUT2D eigenvalue weighted by atomic mass is 9.87. The molecule has 9 rings (SSSR count). The molecule has 5 aromatic rings. The number of Topliss-reactive ketones (excluding diaryl/α,β-unsaturated/α-hetero) is 1. The van der Waals surface area contributed by atoms with E-state index in [1.54, 1.807) is 85.1 Å². The van der Waals surface area contributed by atoms with E-state index < -0.39 is 215 Å². The number of H-pyrrole nitrogens is 1. The monoisotopic (exact) mass is 1900 g/mol. The van der Waals surface area contributed by atoms with Crippen molar-refractivity contribution in [1.82, 2.24) is 81.9 Å². The predicted octanol–water partition coefficient (Wildman–Crippen LogP) is 2.50. The molecule has 135 heavy (non-hydrogen) atoms. The smallest absolute Gasteiger partial charge is 0.246 e. The van der Waals surface area contributed by atoms with Gasteiger partial charge in [0.2, 0.25) is 94.5 Å². The molecule has 0 radical (unpaired) electrons. The number of rotatable bonds is 24. The number of amides is 16. The number of likely N-dealkylation sites (N-methyl/N-ethyl adjacent to an activating group) is 2. The van der Waals surface area contributed by atoms with Crippen LogP contribution in [0.5, 0.6) is 0 Å². The molecule has 4 aliphatic heterocycles. The van der Waals surface area contributed by atoms with Crippen LogP contribution in [0.4, 0.5) is 4.39 Å². The maximum atomic E-state index is 15.9. The summed E-state index contributed by atoms with van der Waals surface area (Å²) in [6.45, 7) is 15.0. The summed E-state index contributed by atoms with van der Waals surface area (Å²) in [4.78, 5) is 262. The van der Waals surface area contributed by atoms with Gasteiger partial charge in [0.05, 0.1) is 18.3 Å². The minimum Gasteiger partial charge on any atom is -0.391 e. The predicted molar refractivity (Wildman–Crippen MR) is 505 cm³/mol. The second-order valence-corrected chi connectivity index (χ2v) is 39.0. The van der Waals surface area contributed by atoms with E-state index in [0.717, 1.165) is 44.6 Å². The lowest BCUT2D eigenvalue weighted by Crippen LogP contribution is -2.61. The Balaban J connectivity index is 1.11. The lowest BCUT2D eigenvalue weighted by molar-refractivity contribution is -0.149. The number of nitrogens with one attached hydrogen (secondary N) is 10. The van der Waals surface area contributed by atoms with Gasteiger partial charge in [0, 0.05) is 118 Å². The Morgan fingerprint density at radius 2 is 1.03 bits per heavy atom. The number of carbonyl (C=O) groups excluding carboxylic acids is 17. The van der Waals surface area contributed by atoms with Gasteiger partial charge in [0.25, 0.3) is 0 Å². The van der Waals surface area contributed by atoms with Crippen molar-refractivity contribution in [2.24, 2.45) is 41.5 Å². The van der Waals surface area contributed by atoms with E-state index in [1.165, 1.54) is 40.9 Å². The normalized spacial score (nSPS) is 25.5. The number of primary amides is 2. The Bertz CT molecular complexity index is 5080. The maximum Gasteiger partial charge on any atom is 0.246 e. The number of carbonyl (C=O) groups is 17. The van der Waals surface area contributed by atoms with Gasteiger partial charge in [-0.25, -0.2) is 4.39 Å². The second kappa shape index (κ2) is 49.6. The summed E-state index contributed by atoms with van der Waals surface area (Å²) in [7, 11) is 4.64. The van der Waals surface area contributed by atoms with Crippen LogP contribution in [0.2, 0.25) is 0 Å². The number of ketones is 1. The molecule has 2 aromatic heterocycles. The van der Waals surface area contributed by atoms with Crippen LogP contribution in [0.1, 0.15) is 195 Å². The Morgan fingerprint density at radius 1 is 0.519 bits per heavy atom. The average molecular weight is 1900 g/mol. The van der Waals surface area contributed by atoms with Crippen molar-refractivity contribution in [3.63, 3.8) is 0 Å². The van der Waals surface area contributed by atoms with Gasteiger partial charge < -0.3 is 104 Å². The third-order valence-electron chi connectivity index (χ3n) is 25.5. The van der Waals surface area contributed by atoms with Gasteiger partial charge in [0.15, 0.2) is 0 Å². The molecule has 0 aliphatic carbocycles. The zero-order valence-electron chi connectivity index (χ0n) is 79.6. The van der Waals surface area contributed by atoms with Gasteiger partial charge in [-0.1, -0.05) is 137 Å². The molecule has 4 fully saturated rings. The summed E-state index contributed by atoms with van der Waals surface area (Å²) in [5.74, 6) is -16.4. The first-order chi connectivity index (χ1) is 64.0. The fourth-order valence-electron chi connectivity index (χ4n) is 18.1. The topological polar surface area (TPSA) is 534 Å². The van der Waals surface area contributed by atoms with Crippen LogP contribution in [0.25, 0.3) is 21.8 Å². The average Bonchev–Trinajstić information content (AvgIpc) is 1.71. The molecule has 0 spiro atoms. The number of thioether (sulfide) groups is 1. The number of aromatic nitrogens is 2. The molecule has 17 N–H and O–H groups in total. The molecular weight excluding hydrogens is 1760 g/mol. The Hall–Kier alpha value is -11.9. The maximum absolute atomic E-state index is 15.9. The van der Waals surface area contributed by atoms with Crippen molar-refractivity contribution in [3.05, 3.63) is 108 Å². The number of piperidine rings is 1. The molecule has 6 heterocycles. The molecule has 738 valence electrons. The van der Waals surface area contributed by atoms with E-state index in [-0.39, 0.29) is 133 Å². The molecular formula is C96H138FN19O18S. The Morgan fingerprint density at radius 3 is 1.66 bits per heavy atom. The highest BCUT2D eigenvalue weighted by Crippen LogP contribution is 2.30. The van der Waals surface area contributed by atoms with E-state index in [9.17, 15) is 38.3 Å². The third kappa shape index (κ3) is 29.1. The summed E-state index contributed by atoms with van der Waals surface area (Å²) < 4.78 is 16.3. The number of nitrogens with two attached hydrogens (primary N) is 3. The van der Waals surface area contributed by atoms with Crippen molar-refractivity contribution in [2.75, 3.05) is 51.8 Å². The van der Waals surface area contributed by atoms with E-state index in [1.807, 2.05) is 49.7 Å². The van der Waals surface area contributed by atoms with Gasteiger partial charge in [-0.05, 0) is 130 Å². The van der Waals surface area contributed by atoms with Crippen LogP contribution in [0, 0.1) is 23.1 Å². The number of aromatic amines is 1. The molecule has 0 bridgehead atoms. The summed E-state index contributed by atoms with van der Waals surface area (Å²) in [5, 5.41) is 37.9. The van der Waals surface area contributed by atoms with Crippen molar-refractivity contribution >= 4 is 134 Å². The number of nitrogens with zero attached hydrogens (tertiary/aromatic N) is 6. The number of aryl methyl sites for hydroxylation is 1. The largest absolute Gasteiger partial charge is 0.391 e. The molecule has 3 aromatic carbocycles. The number of para-hydroxylation sites is 2. The number of fused-ring (bicyclic) bond motifs is 5. The number of aliphatic hydroxyl groups is 1. The Labute approximate surface area is 791 Å². The fraction of sp³-hybridized carbons (Fsp3) is 0.594. The third-order valence-corrected chi connectivity index (χ3v) is 26.5. The highest BCUT2D eigenvalue weighted by molar-refractivity contribution is 8.00. The van der Waals surface area contributed by atoms with Gasteiger partial charge in [-0.15, -0.1) is 11.8 Å². The summed E-state index contributed by atoms with van der Waals surface area (Å²) >= 11 is 0.845. The van der Waals surface area contributed by atoms with Gasteiger partial charge in [-0.3, -0.25) is 81.5 Å². The van der Waals surface area contributed by atoms with Crippen molar-refractivity contribution in [3.8, 4) is 0 Å². The van der Waals surface area contributed by atoms with Crippen molar-refractivity contribution in [1.29, 1.82) is 0 Å². The Kier molecular flexibility index (Phi) is 39.2. The summed E-state index contributed by atoms with van der Waals surface area (Å²) in [6, 6.07) is -1.01. The first kappa shape index (κ1) is 107. The molecule has 4 aliphatic rings. The van der Waals surface area contributed by atoms with Crippen molar-refractivity contribution < 1.29 is 91.0 Å². The minimum atomic E-state index is -1.75. The van der Waals surface area contributed by atoms with Gasteiger partial charge in [0.1, 0.15) is 96.2 Å². The van der Waals surface area contributed by atoms with Crippen LogP contribution in [0.15, 0.2) is 85.2 Å². The quantitative estimate of drug-likeness (QED) is 0.0422. The van der Waals surface area contributed by atoms with Crippen LogP contribution in [-0.2, 0) is 108 Å². The number of hydrogen-bond acceptors (Lipinski definition) is 20. The zero-order chi connectivity index (χ0) is 99.0. The SMILES string of the molecule is CCCC[C@H]1C(=O)N(C)[C@@H](CCCC)C(=O)N[C@@H](CC(C)C)C(=O)N[C@H](C(N)=O)CSCC(=O)N[C@@H](Cc2ccc(F)cc2)C(=O)N2CCCC[C@H]2C(=O)N[C@@H](CC(N)=O)C(=O)N2CCC[C@H]2C(=O)N[C@@H](CCC(=O)C(C)(C)C)C(=O)N[C@@H](CC(C)C)C(=O)N2C[C@H](O)C[C@H]2C(=O)N[C@@H](Cc2c[nH]c3ccccc23)C(=O)N[C@@H](CCN)C(=O)N[C@@H](Cc2cn(C)c3ccccc23)C(=O)N1C. The second-order valence-electron chi connectivity index (χ2n) is 38.0. The minimum absolute atomic E-state index is 0.00435. The first-order valence-corrected chi connectivity index (χ1v) is 48.2. The number of hydrogen-bond donors (Lipinski definition) is 14. The molecule has 4 saturated heterocycles. The molecule has 15 atom stereocenters. The summed E-state index contributed by atoms with van der Waals surface area (Å²) in [5.41, 5.74) is 20.1. The molecule has 16 amide bonds. The number of benzene rings is 3. The van der Waals surface area contributed by atoms with E-state index in [4.69, 9.17) is 17.2 Å². The van der Waals surface area contributed by atoms with E-state index >= 15 is 52.7 Å². The van der Waals surface area contributed by atoms with Crippen LogP contribution >= 0.6 is 11.8 Å². The number of halogens is 1. The number of unbranched alkanes of at least 4 members (excludes halogenated alkanes) is 2. The van der Waals surface area contributed by atoms with E-state index in [2.05, 4.69) is 52.8 Å². The summed E-state index contributed by atoms with van der Waals surface area (Å²) in [6.07, 6.45) is 2.23. The van der Waals surface area contributed by atoms with Crippen LogP contribution < -0.4 is 65.1 Å². The highest BCUT2D eigenvalue weighted by atomic mass is 32.2. The standard InChI is InChI=1S/C96H138FN19O18S/c1-13-15-27-74-87(126)105-66(42-54(3)4)85(124)110-72(82(100)121)52-135-53-81(120)102-69(44-56-32-34-59(97)35-33-56)92(131)114-40-22-21-30-75(114)89(128)109-71(48-80(99)119)93(132)115-41-23-31-76(115)88(127)104-64(36-37-79(118)96(7,8)9)83(122)107-68(43-55(5)6)94(133)116-51-60(117)47-78(116)90(129)106-67(45-57-49-101-63-26-19-17-24-61(57)63)86(125)103-65(38-39-98)84(123)108-70(46-58-50-111(10)73-29-20-18-25-62(58)73)91(130)113(12)77(28-16-14-2)95(134)112(74)11/h17-20,24-26,29,32-35,49-50,54-55,60,64-72,74-78,101,117H,13-16,21-23,27-28,30-31,36-48,51-53,98H2,1-12H3,(H2,99,119)(H2,100,121)(H,102,120)(H,103,125)(H,104,127)(H,105,126)(H,106,129)(H,107,122)(H,108,123)(H,109,128)(H,110,124)/t60-,64+,65+,66+,67+,68+,69+,70+,71+,72+,74+,75+,76+,77+,78+/m1/s1. The highest BCUT2D eigenvalue weighted by Gasteiger charge is 2.48.